The first kappa shape index (κ1) is 23.2. The molecule has 0 atom stereocenters. The highest BCUT2D eigenvalue weighted by Crippen LogP contribution is 2.29. The van der Waals surface area contributed by atoms with Gasteiger partial charge in [0.15, 0.2) is 0 Å². The van der Waals surface area contributed by atoms with Crippen LogP contribution in [-0.4, -0.2) is 42.8 Å². The zero-order valence-electron chi connectivity index (χ0n) is 17.8. The van der Waals surface area contributed by atoms with Crippen LogP contribution in [0.5, 0.6) is 0 Å². The Kier molecular flexibility index (Phi) is 6.40. The van der Waals surface area contributed by atoms with Crippen molar-refractivity contribution < 1.29 is 27.4 Å². The van der Waals surface area contributed by atoms with E-state index in [2.05, 4.69) is 26.1 Å². The topological polar surface area (TPSA) is 95.9 Å². The maximum atomic E-state index is 13.9. The number of sulfonamides is 1. The third-order valence-corrected chi connectivity index (χ3v) is 7.17. The molecule has 3 rings (SSSR count). The van der Waals surface area contributed by atoms with Crippen LogP contribution in [0.2, 0.25) is 0 Å². The van der Waals surface area contributed by atoms with Gasteiger partial charge in [0.25, 0.3) is 0 Å². The van der Waals surface area contributed by atoms with Crippen molar-refractivity contribution in [3.05, 3.63) is 59.9 Å². The smallest absolute Gasteiger partial charge is 0.414 e. The second-order valence-electron chi connectivity index (χ2n) is 8.62. The molecule has 2 aromatic rings. The first-order valence-electron chi connectivity index (χ1n) is 9.98. The minimum absolute atomic E-state index is 0.0227. The maximum absolute atomic E-state index is 13.9. The second-order valence-corrected chi connectivity index (χ2v) is 10.5. The van der Waals surface area contributed by atoms with Crippen molar-refractivity contribution in [3.8, 4) is 0 Å². The van der Waals surface area contributed by atoms with E-state index in [0.717, 1.165) is 15.9 Å². The maximum Gasteiger partial charge on any atom is 0.414 e. The number of ether oxygens (including phenoxy) is 1. The fourth-order valence-corrected chi connectivity index (χ4v) is 4.85. The number of hydrogen-bond acceptors (Lipinski definition) is 5. The fraction of sp³-hybridized carbons (Fsp3) is 0.409. The number of anilines is 1. The summed E-state index contributed by atoms with van der Waals surface area (Å²) in [6.45, 7) is 6.02. The van der Waals surface area contributed by atoms with Crippen molar-refractivity contribution in [3.63, 3.8) is 0 Å². The van der Waals surface area contributed by atoms with Crippen LogP contribution in [0, 0.1) is 5.82 Å². The number of piperidine rings is 1. The third kappa shape index (κ3) is 5.41. The number of aliphatic hydroxyl groups is 1. The van der Waals surface area contributed by atoms with E-state index >= 15 is 0 Å². The molecule has 0 saturated carbocycles. The van der Waals surface area contributed by atoms with Crippen molar-refractivity contribution in [1.82, 2.24) is 4.31 Å². The molecule has 1 saturated heterocycles. The molecular formula is C22H27FN2O5S. The van der Waals surface area contributed by atoms with Gasteiger partial charge in [-0.05, 0) is 35.2 Å². The number of halogens is 1. The number of nitrogens with zero attached hydrogens (tertiary/aromatic N) is 1. The van der Waals surface area contributed by atoms with Crippen LogP contribution in [0.4, 0.5) is 14.9 Å². The molecular weight excluding hydrogens is 423 g/mol. The Labute approximate surface area is 181 Å². The molecule has 2 N–H and O–H groups in total. The highest BCUT2D eigenvalue weighted by atomic mass is 32.2. The minimum Gasteiger partial charge on any atom is -0.417 e. The van der Waals surface area contributed by atoms with E-state index in [4.69, 9.17) is 4.74 Å². The van der Waals surface area contributed by atoms with Crippen LogP contribution in [0.15, 0.2) is 53.4 Å². The highest BCUT2D eigenvalue weighted by molar-refractivity contribution is 7.89. The van der Waals surface area contributed by atoms with Crippen LogP contribution < -0.4 is 5.32 Å². The lowest BCUT2D eigenvalue weighted by molar-refractivity contribution is -0.180. The second kappa shape index (κ2) is 8.57. The molecule has 0 aliphatic carbocycles. The summed E-state index contributed by atoms with van der Waals surface area (Å²) in [7, 11) is -4.05. The molecule has 0 unspecified atom stereocenters. The van der Waals surface area contributed by atoms with E-state index in [0.29, 0.717) is 5.69 Å². The summed E-state index contributed by atoms with van der Waals surface area (Å²) in [6, 6.07) is 12.4. The van der Waals surface area contributed by atoms with Gasteiger partial charge in [-0.3, -0.25) is 5.32 Å². The molecule has 1 fully saturated rings. The Morgan fingerprint density at radius 1 is 1.10 bits per heavy atom. The average Bonchev–Trinajstić information content (AvgIpc) is 2.68. The molecule has 0 spiro atoms. The van der Waals surface area contributed by atoms with Gasteiger partial charge in [-0.2, -0.15) is 4.31 Å². The molecule has 0 aromatic heterocycles. The summed E-state index contributed by atoms with van der Waals surface area (Å²) in [6.07, 6.45) is -1.09. The molecule has 1 aliphatic rings. The number of rotatable bonds is 4. The SMILES string of the molecule is CC(C)(C)c1ccc(NC(=O)OC2(O)CCN(S(=O)(=O)c3ccccc3F)CC2)cc1. The third-order valence-electron chi connectivity index (χ3n) is 5.24. The fourth-order valence-electron chi connectivity index (χ4n) is 3.34. The first-order valence-corrected chi connectivity index (χ1v) is 11.4. The van der Waals surface area contributed by atoms with Crippen LogP contribution >= 0.6 is 0 Å². The number of nitrogens with one attached hydrogen (secondary N) is 1. The molecule has 168 valence electrons. The van der Waals surface area contributed by atoms with Gasteiger partial charge < -0.3 is 9.84 Å². The van der Waals surface area contributed by atoms with Gasteiger partial charge in [0, 0.05) is 31.6 Å². The molecule has 2 aromatic carbocycles. The summed E-state index contributed by atoms with van der Waals surface area (Å²) in [4.78, 5) is 11.8. The molecule has 0 radical (unpaired) electrons. The van der Waals surface area contributed by atoms with Crippen molar-refractivity contribution in [2.75, 3.05) is 18.4 Å². The predicted molar refractivity (Wildman–Crippen MR) is 115 cm³/mol. The minimum atomic E-state index is -4.05. The Morgan fingerprint density at radius 2 is 1.68 bits per heavy atom. The van der Waals surface area contributed by atoms with Crippen molar-refractivity contribution in [2.45, 2.75) is 49.7 Å². The van der Waals surface area contributed by atoms with Crippen LogP contribution in [0.1, 0.15) is 39.2 Å². The van der Waals surface area contributed by atoms with Crippen LogP contribution in [-0.2, 0) is 20.2 Å². The van der Waals surface area contributed by atoms with Crippen molar-refractivity contribution in [1.29, 1.82) is 0 Å². The van der Waals surface area contributed by atoms with Gasteiger partial charge in [0.1, 0.15) is 10.7 Å². The summed E-state index contributed by atoms with van der Waals surface area (Å²) < 4.78 is 45.5. The zero-order valence-corrected chi connectivity index (χ0v) is 18.6. The predicted octanol–water partition coefficient (Wildman–Crippen LogP) is 3.85. The zero-order chi connectivity index (χ0) is 22.9. The lowest BCUT2D eigenvalue weighted by Crippen LogP contribution is -2.49. The van der Waals surface area contributed by atoms with E-state index in [9.17, 15) is 22.7 Å². The normalized spacial score (nSPS) is 17.2. The Hall–Kier alpha value is -2.49. The van der Waals surface area contributed by atoms with Gasteiger partial charge in [-0.25, -0.2) is 17.6 Å². The van der Waals surface area contributed by atoms with Gasteiger partial charge in [0.05, 0.1) is 0 Å². The summed E-state index contributed by atoms with van der Waals surface area (Å²) in [5, 5.41) is 13.2. The molecule has 1 aliphatic heterocycles. The van der Waals surface area contributed by atoms with Gasteiger partial charge in [-0.1, -0.05) is 45.0 Å². The lowest BCUT2D eigenvalue weighted by Gasteiger charge is -2.36. The quantitative estimate of drug-likeness (QED) is 0.690. The van der Waals surface area contributed by atoms with Crippen molar-refractivity contribution >= 4 is 21.8 Å². The van der Waals surface area contributed by atoms with E-state index < -0.39 is 32.6 Å². The van der Waals surface area contributed by atoms with Crippen LogP contribution in [0.25, 0.3) is 0 Å². The standard InChI is InChI=1S/C22H27FN2O5S/c1-21(2,3)16-8-10-17(11-9-16)24-20(26)30-22(27)12-14-25(15-13-22)31(28,29)19-7-5-4-6-18(19)23/h4-11,27H,12-15H2,1-3H3,(H,24,26). The Bertz CT molecular complexity index is 1040. The number of carbonyl (C=O) groups excluding carboxylic acids is 1. The summed E-state index contributed by atoms with van der Waals surface area (Å²) in [5.74, 6) is -2.65. The Morgan fingerprint density at radius 3 is 2.23 bits per heavy atom. The number of carbonyl (C=O) groups is 1. The van der Waals surface area contributed by atoms with E-state index in [-0.39, 0.29) is 31.3 Å². The number of hydrogen-bond donors (Lipinski definition) is 2. The average molecular weight is 451 g/mol. The largest absolute Gasteiger partial charge is 0.417 e. The highest BCUT2D eigenvalue weighted by Gasteiger charge is 2.40. The molecule has 31 heavy (non-hydrogen) atoms. The lowest BCUT2D eigenvalue weighted by atomic mass is 9.87. The summed E-state index contributed by atoms with van der Waals surface area (Å²) >= 11 is 0. The molecule has 0 bridgehead atoms. The van der Waals surface area contributed by atoms with Crippen LogP contribution in [0.3, 0.4) is 0 Å². The Balaban J connectivity index is 1.59. The molecule has 9 heteroatoms. The monoisotopic (exact) mass is 450 g/mol. The number of amides is 1. The number of benzene rings is 2. The van der Waals surface area contributed by atoms with E-state index in [1.807, 2.05) is 12.1 Å². The molecule has 1 amide bonds. The van der Waals surface area contributed by atoms with E-state index in [1.54, 1.807) is 12.1 Å². The summed E-state index contributed by atoms with van der Waals surface area (Å²) in [5.41, 5.74) is 1.60. The van der Waals surface area contributed by atoms with Crippen molar-refractivity contribution in [2.24, 2.45) is 0 Å². The van der Waals surface area contributed by atoms with Gasteiger partial charge in [-0.15, -0.1) is 0 Å². The van der Waals surface area contributed by atoms with Gasteiger partial charge in [0.2, 0.25) is 15.8 Å². The van der Waals surface area contributed by atoms with Gasteiger partial charge >= 0.3 is 6.09 Å². The molecule has 7 nitrogen and oxygen atoms in total. The molecule has 1 heterocycles. The first-order chi connectivity index (χ1) is 14.4. The van der Waals surface area contributed by atoms with E-state index in [1.165, 1.54) is 18.2 Å².